The molecule has 0 amide bonds. The van der Waals surface area contributed by atoms with Crippen LogP contribution in [0, 0.1) is 16.4 Å². The Hall–Kier alpha value is -2.38. The average Bonchev–Trinajstić information content (AvgIpc) is 2.77. The molecule has 2 aromatic carbocycles. The molecule has 0 N–H and O–H groups in total. The second kappa shape index (κ2) is 8.04. The third-order valence-corrected chi connectivity index (χ3v) is 6.99. The number of benzene rings is 2. The molecule has 0 saturated carbocycles. The Morgan fingerprint density at radius 1 is 1.00 bits per heavy atom. The van der Waals surface area contributed by atoms with Gasteiger partial charge in [-0.25, -0.2) is 0 Å². The second-order valence-electron chi connectivity index (χ2n) is 8.83. The van der Waals surface area contributed by atoms with Crippen molar-refractivity contribution in [1.29, 1.82) is 0 Å². The van der Waals surface area contributed by atoms with Gasteiger partial charge in [-0.05, 0) is 93.8 Å². The third kappa shape index (κ3) is 3.61. The summed E-state index contributed by atoms with van der Waals surface area (Å²) in [5.74, 6) is 1.07. The summed E-state index contributed by atoms with van der Waals surface area (Å²) in [6.45, 7) is 4.48. The molecule has 1 heterocycles. The highest BCUT2D eigenvalue weighted by Crippen LogP contribution is 2.31. The lowest BCUT2D eigenvalue weighted by Gasteiger charge is -2.25. The predicted octanol–water partition coefficient (Wildman–Crippen LogP) is 5.46. The number of nitrogens with zero attached hydrogens (tertiary/aromatic N) is 1. The lowest BCUT2D eigenvalue weighted by molar-refractivity contribution is 0.646. The van der Waals surface area contributed by atoms with E-state index in [0.717, 1.165) is 30.0 Å². The molecule has 5 rings (SSSR count). The normalized spacial score (nSPS) is 19.2. The molecule has 3 aromatic rings. The molecule has 152 valence electrons. The number of aryl methyl sites for hydroxylation is 2. The summed E-state index contributed by atoms with van der Waals surface area (Å²) in [5.41, 5.74) is 5.59. The van der Waals surface area contributed by atoms with Gasteiger partial charge in [0.1, 0.15) is 0 Å². The van der Waals surface area contributed by atoms with E-state index in [0.29, 0.717) is 11.8 Å². The Morgan fingerprint density at radius 3 is 2.67 bits per heavy atom. The molecule has 1 nitrogen and oxygen atoms in total. The topological polar surface area (TPSA) is 12.9 Å². The van der Waals surface area contributed by atoms with Gasteiger partial charge in [0.25, 0.3) is 0 Å². The number of hydrogen-bond acceptors (Lipinski definition) is 1. The molecule has 2 aliphatic carbocycles. The van der Waals surface area contributed by atoms with Gasteiger partial charge < -0.3 is 0 Å². The average molecular weight is 414 g/mol. The summed E-state index contributed by atoms with van der Waals surface area (Å²) < 4.78 is 0. The predicted molar refractivity (Wildman–Crippen MR) is 126 cm³/mol. The molecule has 0 saturated heterocycles. The molecule has 2 atom stereocenters. The number of pyridine rings is 1. The highest BCUT2D eigenvalue weighted by Gasteiger charge is 2.21. The quantitative estimate of drug-likeness (QED) is 0.553. The van der Waals surface area contributed by atoms with Crippen molar-refractivity contribution in [3.8, 4) is 0 Å². The van der Waals surface area contributed by atoms with Crippen LogP contribution < -0.4 is 10.4 Å². The number of aromatic nitrogens is 1. The van der Waals surface area contributed by atoms with E-state index < -0.39 is 0 Å². The minimum atomic E-state index is 0.411. The summed E-state index contributed by atoms with van der Waals surface area (Å²) in [5, 5.41) is 6.24. The standard InChI is InChI=1S/C28H28ClN/c1-3-24-10-6-19(17-30-24)5-7-21-15-22-16-23(29)9-13-25(22)27-12-8-20-14-18(2)4-11-26(20)28(21)27/h6,8-10,12-18,21H,3-5,7,11H2,1-2H3. The summed E-state index contributed by atoms with van der Waals surface area (Å²) in [6.07, 6.45) is 12.5. The number of halogens is 1. The highest BCUT2D eigenvalue weighted by atomic mass is 35.5. The van der Waals surface area contributed by atoms with Gasteiger partial charge in [0, 0.05) is 22.8 Å². The molecule has 1 aromatic heterocycles. The van der Waals surface area contributed by atoms with Crippen molar-refractivity contribution in [1.82, 2.24) is 4.98 Å². The fourth-order valence-electron chi connectivity index (χ4n) is 5.12. The van der Waals surface area contributed by atoms with Crippen molar-refractivity contribution < 1.29 is 0 Å². The van der Waals surface area contributed by atoms with Crippen LogP contribution in [0.4, 0.5) is 0 Å². The highest BCUT2D eigenvalue weighted by molar-refractivity contribution is 6.30. The Labute approximate surface area is 183 Å². The SMILES string of the molecule is CCc1ccc(CCC2C=c3cc(Cl)ccc3=c3ccc4c(c32)CCC(C)C=4)cn1. The summed E-state index contributed by atoms with van der Waals surface area (Å²) in [4.78, 5) is 4.60. The third-order valence-electron chi connectivity index (χ3n) is 6.75. The molecule has 0 spiro atoms. The second-order valence-corrected chi connectivity index (χ2v) is 9.27. The van der Waals surface area contributed by atoms with E-state index >= 15 is 0 Å². The van der Waals surface area contributed by atoms with Crippen molar-refractivity contribution in [2.24, 2.45) is 5.92 Å². The van der Waals surface area contributed by atoms with Crippen LogP contribution in [0.5, 0.6) is 0 Å². The zero-order valence-corrected chi connectivity index (χ0v) is 18.5. The van der Waals surface area contributed by atoms with Crippen molar-refractivity contribution in [3.63, 3.8) is 0 Å². The molecular formula is C28H28ClN. The maximum Gasteiger partial charge on any atom is 0.0412 e. The first kappa shape index (κ1) is 19.6. The molecule has 0 fully saturated rings. The van der Waals surface area contributed by atoms with Gasteiger partial charge in [-0.15, -0.1) is 0 Å². The lowest BCUT2D eigenvalue weighted by atomic mass is 9.79. The van der Waals surface area contributed by atoms with Gasteiger partial charge in [0.15, 0.2) is 0 Å². The zero-order chi connectivity index (χ0) is 20.7. The molecule has 2 unspecified atom stereocenters. The van der Waals surface area contributed by atoms with Crippen LogP contribution in [0.2, 0.25) is 5.02 Å². The van der Waals surface area contributed by atoms with E-state index in [1.807, 2.05) is 6.07 Å². The molecule has 2 heteroatoms. The van der Waals surface area contributed by atoms with Crippen LogP contribution in [-0.2, 0) is 19.3 Å². The van der Waals surface area contributed by atoms with Gasteiger partial charge in [-0.1, -0.05) is 61.9 Å². The van der Waals surface area contributed by atoms with Crippen molar-refractivity contribution >= 4 is 23.8 Å². The maximum absolute atomic E-state index is 6.35. The summed E-state index contributed by atoms with van der Waals surface area (Å²) in [6, 6.07) is 15.4. The van der Waals surface area contributed by atoms with Crippen LogP contribution in [0.3, 0.4) is 0 Å². The molecule has 0 aliphatic heterocycles. The molecule has 0 radical (unpaired) electrons. The van der Waals surface area contributed by atoms with Gasteiger partial charge in [0.05, 0.1) is 0 Å². The first-order chi connectivity index (χ1) is 14.6. The van der Waals surface area contributed by atoms with E-state index in [9.17, 15) is 0 Å². The smallest absolute Gasteiger partial charge is 0.0412 e. The largest absolute Gasteiger partial charge is 0.261 e. The van der Waals surface area contributed by atoms with Crippen LogP contribution in [0.25, 0.3) is 12.2 Å². The number of fused-ring (bicyclic) bond motifs is 4. The summed E-state index contributed by atoms with van der Waals surface area (Å²) in [7, 11) is 0. The molecule has 0 bridgehead atoms. The molecule has 2 aliphatic rings. The first-order valence-electron chi connectivity index (χ1n) is 11.2. The Kier molecular flexibility index (Phi) is 5.25. The lowest BCUT2D eigenvalue weighted by Crippen LogP contribution is -2.24. The fraction of sp³-hybridized carbons (Fsp3) is 0.321. The maximum atomic E-state index is 6.35. The van der Waals surface area contributed by atoms with Crippen LogP contribution in [0.15, 0.2) is 48.7 Å². The van der Waals surface area contributed by atoms with Gasteiger partial charge in [-0.2, -0.15) is 0 Å². The zero-order valence-electron chi connectivity index (χ0n) is 17.8. The van der Waals surface area contributed by atoms with E-state index in [1.54, 1.807) is 11.1 Å². The minimum Gasteiger partial charge on any atom is -0.261 e. The summed E-state index contributed by atoms with van der Waals surface area (Å²) >= 11 is 6.35. The first-order valence-corrected chi connectivity index (χ1v) is 11.6. The van der Waals surface area contributed by atoms with E-state index in [-0.39, 0.29) is 0 Å². The van der Waals surface area contributed by atoms with E-state index in [2.05, 4.69) is 73.6 Å². The van der Waals surface area contributed by atoms with E-state index in [1.165, 1.54) is 39.3 Å². The van der Waals surface area contributed by atoms with Crippen molar-refractivity contribution in [3.05, 3.63) is 96.9 Å². The Balaban J connectivity index is 1.63. The van der Waals surface area contributed by atoms with Crippen molar-refractivity contribution in [2.45, 2.75) is 51.9 Å². The molecular weight excluding hydrogens is 386 g/mol. The fourth-order valence-corrected chi connectivity index (χ4v) is 5.30. The number of rotatable bonds is 4. The number of hydrogen-bond donors (Lipinski definition) is 0. The Bertz CT molecular complexity index is 1300. The minimum absolute atomic E-state index is 0.411. The van der Waals surface area contributed by atoms with Gasteiger partial charge >= 0.3 is 0 Å². The van der Waals surface area contributed by atoms with Crippen LogP contribution in [0.1, 0.15) is 55.0 Å². The molecule has 30 heavy (non-hydrogen) atoms. The van der Waals surface area contributed by atoms with Crippen LogP contribution in [-0.4, -0.2) is 4.98 Å². The van der Waals surface area contributed by atoms with Gasteiger partial charge in [-0.3, -0.25) is 4.98 Å². The Morgan fingerprint density at radius 2 is 1.87 bits per heavy atom. The van der Waals surface area contributed by atoms with Crippen molar-refractivity contribution in [2.75, 3.05) is 0 Å². The monoisotopic (exact) mass is 413 g/mol. The van der Waals surface area contributed by atoms with Crippen LogP contribution >= 0.6 is 11.6 Å². The van der Waals surface area contributed by atoms with Gasteiger partial charge in [0.2, 0.25) is 0 Å². The van der Waals surface area contributed by atoms with E-state index in [4.69, 9.17) is 11.6 Å².